The number of hydrogen-bond donors (Lipinski definition) is 6. The van der Waals surface area contributed by atoms with Crippen LogP contribution in [-0.4, -0.2) is 66.0 Å². The topological polar surface area (TPSA) is 198 Å². The lowest BCUT2D eigenvalue weighted by atomic mass is 10.0. The Morgan fingerprint density at radius 1 is 0.900 bits per heavy atom. The number of aliphatic carboxylic acids is 1. The number of guanidine groups is 1. The van der Waals surface area contributed by atoms with E-state index in [9.17, 15) is 24.3 Å². The largest absolute Gasteiger partial charge is 0.480 e. The van der Waals surface area contributed by atoms with Crippen LogP contribution in [-0.2, 0) is 36.9 Å². The van der Waals surface area contributed by atoms with Crippen LogP contribution in [0.4, 0.5) is 0 Å². The highest BCUT2D eigenvalue weighted by Gasteiger charge is 2.29. The first-order chi connectivity index (χ1) is 19.0. The summed E-state index contributed by atoms with van der Waals surface area (Å²) in [7, 11) is 0. The van der Waals surface area contributed by atoms with Crippen LogP contribution in [0.15, 0.2) is 59.6 Å². The molecule has 12 nitrogen and oxygen atoms in total. The SMILES string of the molecule is CC(=O)N[C@@H](COCc1ccccc1)C(=O)N[C@H](Cc1ccc(Cl)cc1)C(=O)N[C@@H](CCCN=C(N)N)C(=O)O. The van der Waals surface area contributed by atoms with Crippen LogP contribution < -0.4 is 27.4 Å². The van der Waals surface area contributed by atoms with Gasteiger partial charge in [0.2, 0.25) is 17.7 Å². The van der Waals surface area contributed by atoms with Gasteiger partial charge >= 0.3 is 5.97 Å². The molecule has 0 aromatic heterocycles. The molecule has 0 aliphatic heterocycles. The van der Waals surface area contributed by atoms with E-state index < -0.39 is 41.8 Å². The lowest BCUT2D eigenvalue weighted by Crippen LogP contribution is -2.57. The number of hydrogen-bond acceptors (Lipinski definition) is 6. The van der Waals surface area contributed by atoms with Gasteiger partial charge in [-0.3, -0.25) is 19.4 Å². The van der Waals surface area contributed by atoms with Gasteiger partial charge in [0.1, 0.15) is 18.1 Å². The van der Waals surface area contributed by atoms with E-state index in [4.69, 9.17) is 27.8 Å². The first-order valence-electron chi connectivity index (χ1n) is 12.6. The maximum atomic E-state index is 13.2. The second kappa shape index (κ2) is 16.7. The molecule has 0 saturated heterocycles. The molecule has 0 aliphatic rings. The highest BCUT2D eigenvalue weighted by Crippen LogP contribution is 2.12. The summed E-state index contributed by atoms with van der Waals surface area (Å²) in [4.78, 5) is 53.9. The van der Waals surface area contributed by atoms with E-state index in [1.807, 2.05) is 30.3 Å². The molecule has 3 atom stereocenters. The number of carboxylic acids is 1. The molecule has 3 amide bonds. The zero-order valence-corrected chi connectivity index (χ0v) is 22.9. The Bertz CT molecular complexity index is 1160. The first kappa shape index (κ1) is 32.1. The van der Waals surface area contributed by atoms with E-state index >= 15 is 0 Å². The molecule has 0 fully saturated rings. The molecule has 2 aromatic rings. The smallest absolute Gasteiger partial charge is 0.326 e. The highest BCUT2D eigenvalue weighted by molar-refractivity contribution is 6.30. The predicted molar refractivity (Wildman–Crippen MR) is 150 cm³/mol. The molecule has 0 aliphatic carbocycles. The number of carboxylic acid groups (broad SMARTS) is 1. The predicted octanol–water partition coefficient (Wildman–Crippen LogP) is 0.712. The number of halogens is 1. The van der Waals surface area contributed by atoms with Gasteiger partial charge in [0, 0.05) is 24.9 Å². The minimum absolute atomic E-state index is 0.0345. The molecule has 13 heteroatoms. The molecule has 40 heavy (non-hydrogen) atoms. The van der Waals surface area contributed by atoms with E-state index in [1.165, 1.54) is 6.92 Å². The zero-order valence-electron chi connectivity index (χ0n) is 22.1. The number of aliphatic imine (C=N–C) groups is 1. The Hall–Kier alpha value is -4.16. The van der Waals surface area contributed by atoms with E-state index in [0.29, 0.717) is 17.0 Å². The molecule has 216 valence electrons. The van der Waals surface area contributed by atoms with Crippen LogP contribution in [0.3, 0.4) is 0 Å². The van der Waals surface area contributed by atoms with Gasteiger partial charge in [0.05, 0.1) is 13.2 Å². The molecule has 2 aromatic carbocycles. The fourth-order valence-electron chi connectivity index (χ4n) is 3.67. The van der Waals surface area contributed by atoms with Crippen LogP contribution >= 0.6 is 11.6 Å². The summed E-state index contributed by atoms with van der Waals surface area (Å²) < 4.78 is 5.65. The van der Waals surface area contributed by atoms with Crippen molar-refractivity contribution in [3.8, 4) is 0 Å². The molecule has 0 bridgehead atoms. The fourth-order valence-corrected chi connectivity index (χ4v) is 3.79. The third kappa shape index (κ3) is 12.1. The lowest BCUT2D eigenvalue weighted by molar-refractivity contribution is -0.142. The third-order valence-corrected chi connectivity index (χ3v) is 5.89. The van der Waals surface area contributed by atoms with E-state index in [0.717, 1.165) is 5.56 Å². The number of ether oxygens (including phenoxy) is 1. The number of carbonyl (C=O) groups excluding carboxylic acids is 3. The molecule has 8 N–H and O–H groups in total. The zero-order chi connectivity index (χ0) is 29.5. The molecular weight excluding hydrogens is 540 g/mol. The normalized spacial score (nSPS) is 12.8. The van der Waals surface area contributed by atoms with Gasteiger partial charge in [0.25, 0.3) is 0 Å². The van der Waals surface area contributed by atoms with Crippen molar-refractivity contribution in [2.24, 2.45) is 16.5 Å². The Labute approximate surface area is 237 Å². The monoisotopic (exact) mass is 574 g/mol. The molecular formula is C27H35ClN6O6. The molecule has 2 rings (SSSR count). The van der Waals surface area contributed by atoms with E-state index in [2.05, 4.69) is 20.9 Å². The van der Waals surface area contributed by atoms with Crippen molar-refractivity contribution in [2.75, 3.05) is 13.2 Å². The Morgan fingerprint density at radius 2 is 1.52 bits per heavy atom. The second-order valence-electron chi connectivity index (χ2n) is 8.99. The van der Waals surface area contributed by atoms with Gasteiger partial charge in [0.15, 0.2) is 5.96 Å². The Morgan fingerprint density at radius 3 is 2.12 bits per heavy atom. The van der Waals surface area contributed by atoms with Crippen LogP contribution in [0, 0.1) is 0 Å². The summed E-state index contributed by atoms with van der Waals surface area (Å²) in [6.07, 6.45) is 0.390. The molecule has 0 heterocycles. The number of amides is 3. The summed E-state index contributed by atoms with van der Waals surface area (Å²) in [5.41, 5.74) is 12.1. The fraction of sp³-hybridized carbons (Fsp3) is 0.370. The van der Waals surface area contributed by atoms with Crippen molar-refractivity contribution in [1.29, 1.82) is 0 Å². The van der Waals surface area contributed by atoms with Crippen molar-refractivity contribution in [1.82, 2.24) is 16.0 Å². The van der Waals surface area contributed by atoms with Gasteiger partial charge in [-0.25, -0.2) is 4.79 Å². The van der Waals surface area contributed by atoms with Crippen LogP contribution in [0.25, 0.3) is 0 Å². The number of carbonyl (C=O) groups is 4. The summed E-state index contributed by atoms with van der Waals surface area (Å²) in [6, 6.07) is 12.4. The Balaban J connectivity index is 2.15. The van der Waals surface area contributed by atoms with Gasteiger partial charge < -0.3 is 37.3 Å². The second-order valence-corrected chi connectivity index (χ2v) is 9.43. The number of nitrogens with one attached hydrogen (secondary N) is 3. The van der Waals surface area contributed by atoms with Crippen molar-refractivity contribution >= 4 is 41.3 Å². The summed E-state index contributed by atoms with van der Waals surface area (Å²) in [5.74, 6) is -3.22. The average Bonchev–Trinajstić information content (AvgIpc) is 2.90. The maximum Gasteiger partial charge on any atom is 0.326 e. The Kier molecular flexibility index (Phi) is 13.4. The van der Waals surface area contributed by atoms with Gasteiger partial charge in [-0.15, -0.1) is 0 Å². The standard InChI is InChI=1S/C27H35ClN6O6/c1-17(35)32-23(16-40-15-19-6-3-2-4-7-19)25(37)34-22(14-18-9-11-20(28)12-10-18)24(36)33-21(26(38)39)8-5-13-31-27(29)30/h2-4,6-7,9-12,21-23H,5,8,13-16H2,1H3,(H,32,35)(H,33,36)(H,34,37)(H,38,39)(H4,29,30,31)/t21-,22+,23-/m0/s1. The van der Waals surface area contributed by atoms with Crippen molar-refractivity contribution in [3.05, 3.63) is 70.7 Å². The van der Waals surface area contributed by atoms with Crippen LogP contribution in [0.2, 0.25) is 5.02 Å². The summed E-state index contributed by atoms with van der Waals surface area (Å²) in [5, 5.41) is 17.8. The minimum Gasteiger partial charge on any atom is -0.480 e. The molecule has 0 unspecified atom stereocenters. The molecule has 0 saturated carbocycles. The van der Waals surface area contributed by atoms with Gasteiger partial charge in [-0.1, -0.05) is 54.1 Å². The number of nitrogens with zero attached hydrogens (tertiary/aromatic N) is 1. The molecule has 0 spiro atoms. The summed E-state index contributed by atoms with van der Waals surface area (Å²) >= 11 is 5.97. The number of rotatable bonds is 16. The average molecular weight is 575 g/mol. The van der Waals surface area contributed by atoms with Gasteiger partial charge in [-0.2, -0.15) is 0 Å². The third-order valence-electron chi connectivity index (χ3n) is 5.64. The van der Waals surface area contributed by atoms with Crippen LogP contribution in [0.5, 0.6) is 0 Å². The van der Waals surface area contributed by atoms with Crippen molar-refractivity contribution in [3.63, 3.8) is 0 Å². The maximum absolute atomic E-state index is 13.2. The first-order valence-corrected chi connectivity index (χ1v) is 12.9. The van der Waals surface area contributed by atoms with Crippen molar-refractivity contribution < 1.29 is 29.0 Å². The minimum atomic E-state index is -1.25. The quantitative estimate of drug-likeness (QED) is 0.0956. The lowest BCUT2D eigenvalue weighted by Gasteiger charge is -2.24. The van der Waals surface area contributed by atoms with E-state index in [1.54, 1.807) is 24.3 Å². The number of benzene rings is 2. The number of nitrogens with two attached hydrogens (primary N) is 2. The van der Waals surface area contributed by atoms with E-state index in [-0.39, 0.29) is 38.6 Å². The highest BCUT2D eigenvalue weighted by atomic mass is 35.5. The van der Waals surface area contributed by atoms with Crippen LogP contribution in [0.1, 0.15) is 30.9 Å². The van der Waals surface area contributed by atoms with Gasteiger partial charge in [-0.05, 0) is 36.1 Å². The summed E-state index contributed by atoms with van der Waals surface area (Å²) in [6.45, 7) is 1.50. The molecule has 0 radical (unpaired) electrons. The van der Waals surface area contributed by atoms with Crippen molar-refractivity contribution in [2.45, 2.75) is 50.9 Å².